The molecule has 4 nitrogen and oxygen atoms in total. The molecule has 1 heterocycles. The average molecular weight is 239 g/mol. The standard InChI is InChI=1S/C13H25N3O/c1-4-6-7-8-11(14)13-12(17-3)10-15-16(13)9-5-2/h10-11H,4-9,14H2,1-3H3. The van der Waals surface area contributed by atoms with Gasteiger partial charge in [-0.1, -0.05) is 33.1 Å². The van der Waals surface area contributed by atoms with Crippen LogP contribution in [0, 0.1) is 0 Å². The molecule has 0 aromatic carbocycles. The first-order valence-corrected chi connectivity index (χ1v) is 6.59. The maximum absolute atomic E-state index is 6.25. The fourth-order valence-electron chi connectivity index (χ4n) is 2.05. The highest BCUT2D eigenvalue weighted by Gasteiger charge is 2.17. The molecule has 1 atom stereocenters. The summed E-state index contributed by atoms with van der Waals surface area (Å²) >= 11 is 0. The molecule has 0 spiro atoms. The highest BCUT2D eigenvalue weighted by molar-refractivity contribution is 5.28. The van der Waals surface area contributed by atoms with E-state index >= 15 is 0 Å². The van der Waals surface area contributed by atoms with Crippen LogP contribution in [0.25, 0.3) is 0 Å². The number of aromatic nitrogens is 2. The van der Waals surface area contributed by atoms with E-state index in [1.807, 2.05) is 4.68 Å². The maximum Gasteiger partial charge on any atom is 0.161 e. The highest BCUT2D eigenvalue weighted by Crippen LogP contribution is 2.27. The molecule has 0 fully saturated rings. The summed E-state index contributed by atoms with van der Waals surface area (Å²) in [6.45, 7) is 5.24. The minimum atomic E-state index is 0.0329. The molecule has 0 aliphatic rings. The van der Waals surface area contributed by atoms with Crippen LogP contribution >= 0.6 is 0 Å². The number of methoxy groups -OCH3 is 1. The van der Waals surface area contributed by atoms with Crippen LogP contribution in [0.3, 0.4) is 0 Å². The summed E-state index contributed by atoms with van der Waals surface area (Å²) in [6, 6.07) is 0.0329. The highest BCUT2D eigenvalue weighted by atomic mass is 16.5. The fourth-order valence-corrected chi connectivity index (χ4v) is 2.05. The van der Waals surface area contributed by atoms with E-state index < -0.39 is 0 Å². The first kappa shape index (κ1) is 14.0. The Morgan fingerprint density at radius 2 is 2.12 bits per heavy atom. The molecule has 4 heteroatoms. The van der Waals surface area contributed by atoms with Gasteiger partial charge in [-0.15, -0.1) is 0 Å². The maximum atomic E-state index is 6.25. The van der Waals surface area contributed by atoms with Crippen LogP contribution in [0.5, 0.6) is 5.75 Å². The van der Waals surface area contributed by atoms with Gasteiger partial charge in [-0.3, -0.25) is 4.68 Å². The van der Waals surface area contributed by atoms with Crippen molar-refractivity contribution >= 4 is 0 Å². The molecule has 17 heavy (non-hydrogen) atoms. The van der Waals surface area contributed by atoms with Crippen LogP contribution in [0.2, 0.25) is 0 Å². The normalized spacial score (nSPS) is 12.7. The van der Waals surface area contributed by atoms with Crippen molar-refractivity contribution in [2.75, 3.05) is 7.11 Å². The van der Waals surface area contributed by atoms with Crippen molar-refractivity contribution in [2.24, 2.45) is 5.73 Å². The smallest absolute Gasteiger partial charge is 0.161 e. The Morgan fingerprint density at radius 3 is 2.71 bits per heavy atom. The van der Waals surface area contributed by atoms with Crippen molar-refractivity contribution in [2.45, 2.75) is 58.5 Å². The molecule has 0 aliphatic heterocycles. The second kappa shape index (κ2) is 7.33. The van der Waals surface area contributed by atoms with E-state index in [0.29, 0.717) is 0 Å². The third-order valence-electron chi connectivity index (χ3n) is 2.97. The van der Waals surface area contributed by atoms with Gasteiger partial charge in [-0.05, 0) is 12.8 Å². The van der Waals surface area contributed by atoms with E-state index in [-0.39, 0.29) is 6.04 Å². The summed E-state index contributed by atoms with van der Waals surface area (Å²) in [5.41, 5.74) is 7.29. The Kier molecular flexibility index (Phi) is 6.05. The zero-order valence-corrected chi connectivity index (χ0v) is 11.3. The lowest BCUT2D eigenvalue weighted by molar-refractivity contribution is 0.396. The Bertz CT molecular complexity index is 322. The van der Waals surface area contributed by atoms with E-state index in [4.69, 9.17) is 10.5 Å². The molecule has 0 amide bonds. The molecular formula is C13H25N3O. The summed E-state index contributed by atoms with van der Waals surface area (Å²) < 4.78 is 7.32. The van der Waals surface area contributed by atoms with Gasteiger partial charge in [0, 0.05) is 6.54 Å². The third-order valence-corrected chi connectivity index (χ3v) is 2.97. The van der Waals surface area contributed by atoms with Crippen LogP contribution in [-0.2, 0) is 6.54 Å². The molecule has 0 aliphatic carbocycles. The molecule has 1 aromatic heterocycles. The van der Waals surface area contributed by atoms with Gasteiger partial charge in [-0.2, -0.15) is 5.10 Å². The number of aryl methyl sites for hydroxylation is 1. The lowest BCUT2D eigenvalue weighted by Gasteiger charge is -2.15. The summed E-state index contributed by atoms with van der Waals surface area (Å²) in [7, 11) is 1.68. The zero-order valence-electron chi connectivity index (χ0n) is 11.3. The van der Waals surface area contributed by atoms with Crippen LogP contribution < -0.4 is 10.5 Å². The van der Waals surface area contributed by atoms with Gasteiger partial charge < -0.3 is 10.5 Å². The predicted molar refractivity (Wildman–Crippen MR) is 70.1 cm³/mol. The van der Waals surface area contributed by atoms with E-state index in [1.54, 1.807) is 13.3 Å². The van der Waals surface area contributed by atoms with Gasteiger partial charge in [0.25, 0.3) is 0 Å². The van der Waals surface area contributed by atoms with Crippen LogP contribution in [0.4, 0.5) is 0 Å². The number of rotatable bonds is 8. The van der Waals surface area contributed by atoms with E-state index in [9.17, 15) is 0 Å². The van der Waals surface area contributed by atoms with Gasteiger partial charge in [0.1, 0.15) is 0 Å². The lowest BCUT2D eigenvalue weighted by Crippen LogP contribution is -2.17. The van der Waals surface area contributed by atoms with Gasteiger partial charge in [0.15, 0.2) is 5.75 Å². The molecule has 0 bridgehead atoms. The SMILES string of the molecule is CCCCCC(N)c1c(OC)cnn1CCC. The number of unbranched alkanes of at least 4 members (excludes halogenated alkanes) is 2. The van der Waals surface area contributed by atoms with Gasteiger partial charge in [0.05, 0.1) is 25.0 Å². The van der Waals surface area contributed by atoms with Gasteiger partial charge >= 0.3 is 0 Å². The number of hydrogen-bond acceptors (Lipinski definition) is 3. The van der Waals surface area contributed by atoms with Gasteiger partial charge in [0.2, 0.25) is 0 Å². The summed E-state index contributed by atoms with van der Waals surface area (Å²) in [5.74, 6) is 0.822. The fraction of sp³-hybridized carbons (Fsp3) is 0.769. The van der Waals surface area contributed by atoms with Crippen LogP contribution in [0.15, 0.2) is 6.20 Å². The number of hydrogen-bond donors (Lipinski definition) is 1. The first-order valence-electron chi connectivity index (χ1n) is 6.59. The Morgan fingerprint density at radius 1 is 1.35 bits per heavy atom. The molecular weight excluding hydrogens is 214 g/mol. The van der Waals surface area contributed by atoms with E-state index in [0.717, 1.165) is 37.3 Å². The predicted octanol–water partition coefficient (Wildman–Crippen LogP) is 2.88. The number of nitrogens with two attached hydrogens (primary N) is 1. The Hall–Kier alpha value is -1.03. The molecule has 1 unspecified atom stereocenters. The Balaban J connectivity index is 2.73. The molecule has 2 N–H and O–H groups in total. The lowest BCUT2D eigenvalue weighted by atomic mass is 10.1. The van der Waals surface area contributed by atoms with E-state index in [1.165, 1.54) is 12.8 Å². The molecule has 0 saturated heterocycles. The van der Waals surface area contributed by atoms with Crippen LogP contribution in [0.1, 0.15) is 57.7 Å². The average Bonchev–Trinajstić information content (AvgIpc) is 2.73. The third kappa shape index (κ3) is 3.73. The molecule has 98 valence electrons. The van der Waals surface area contributed by atoms with Crippen molar-refractivity contribution in [1.82, 2.24) is 9.78 Å². The summed E-state index contributed by atoms with van der Waals surface area (Å²) in [6.07, 6.45) is 7.44. The zero-order chi connectivity index (χ0) is 12.7. The minimum absolute atomic E-state index is 0.0329. The Labute approximate surface area is 104 Å². The summed E-state index contributed by atoms with van der Waals surface area (Å²) in [4.78, 5) is 0. The van der Waals surface area contributed by atoms with Crippen molar-refractivity contribution in [1.29, 1.82) is 0 Å². The minimum Gasteiger partial charge on any atom is -0.493 e. The van der Waals surface area contributed by atoms with Crippen molar-refractivity contribution < 1.29 is 4.74 Å². The second-order valence-electron chi connectivity index (χ2n) is 4.42. The topological polar surface area (TPSA) is 53.1 Å². The molecule has 1 rings (SSSR count). The van der Waals surface area contributed by atoms with Crippen molar-refractivity contribution in [3.63, 3.8) is 0 Å². The van der Waals surface area contributed by atoms with E-state index in [2.05, 4.69) is 18.9 Å². The van der Waals surface area contributed by atoms with Gasteiger partial charge in [-0.25, -0.2) is 0 Å². The monoisotopic (exact) mass is 239 g/mol. The first-order chi connectivity index (χ1) is 8.24. The summed E-state index contributed by atoms with van der Waals surface area (Å²) in [5, 5.41) is 4.34. The molecule has 0 radical (unpaired) electrons. The molecule has 0 saturated carbocycles. The van der Waals surface area contributed by atoms with Crippen LogP contribution in [-0.4, -0.2) is 16.9 Å². The quantitative estimate of drug-likeness (QED) is 0.710. The number of nitrogens with zero attached hydrogens (tertiary/aromatic N) is 2. The van der Waals surface area contributed by atoms with Crippen molar-refractivity contribution in [3.05, 3.63) is 11.9 Å². The number of ether oxygens (including phenoxy) is 1. The largest absolute Gasteiger partial charge is 0.493 e. The second-order valence-corrected chi connectivity index (χ2v) is 4.42. The van der Waals surface area contributed by atoms with Crippen molar-refractivity contribution in [3.8, 4) is 5.75 Å². The molecule has 1 aromatic rings.